The van der Waals surface area contributed by atoms with E-state index in [-0.39, 0.29) is 5.91 Å². The summed E-state index contributed by atoms with van der Waals surface area (Å²) in [6.45, 7) is 0. The number of aromatic amines is 1. The predicted molar refractivity (Wildman–Crippen MR) is 114 cm³/mol. The van der Waals surface area contributed by atoms with Crippen molar-refractivity contribution in [1.82, 2.24) is 4.98 Å². The van der Waals surface area contributed by atoms with E-state index in [1.165, 1.54) is 6.07 Å². The largest absolute Gasteiger partial charge is 0.417 e. The molecule has 0 radical (unpaired) electrons. The molecule has 3 aromatic carbocycles. The minimum absolute atomic E-state index is 0.285. The summed E-state index contributed by atoms with van der Waals surface area (Å²) in [6.07, 6.45) is 1.16. The lowest BCUT2D eigenvalue weighted by atomic mass is 10.1. The van der Waals surface area contributed by atoms with Crippen LogP contribution in [0.4, 0.5) is 16.2 Å². The Morgan fingerprint density at radius 3 is 2.55 bits per heavy atom. The van der Waals surface area contributed by atoms with Gasteiger partial charge in [0.25, 0.3) is 5.91 Å². The number of nitrogens with one attached hydrogen (secondary N) is 3. The van der Waals surface area contributed by atoms with E-state index in [0.717, 1.165) is 10.9 Å². The van der Waals surface area contributed by atoms with Crippen LogP contribution < -0.4 is 15.4 Å². The Morgan fingerprint density at radius 2 is 1.69 bits per heavy atom. The molecular formula is C22H16ClN3O3. The quantitative estimate of drug-likeness (QED) is 0.408. The van der Waals surface area contributed by atoms with E-state index < -0.39 is 6.09 Å². The molecule has 1 aromatic heterocycles. The minimum atomic E-state index is -0.678. The molecule has 144 valence electrons. The molecule has 7 heteroatoms. The molecule has 2 amide bonds. The fourth-order valence-corrected chi connectivity index (χ4v) is 3.03. The Hall–Kier alpha value is -3.77. The average molecular weight is 406 g/mol. The highest BCUT2D eigenvalue weighted by Gasteiger charge is 2.10. The molecule has 0 aliphatic rings. The van der Waals surface area contributed by atoms with Crippen molar-refractivity contribution in [2.75, 3.05) is 10.6 Å². The molecule has 0 fully saturated rings. The van der Waals surface area contributed by atoms with Crippen LogP contribution in [0.15, 0.2) is 79.0 Å². The minimum Gasteiger partial charge on any atom is -0.410 e. The molecule has 29 heavy (non-hydrogen) atoms. The topological polar surface area (TPSA) is 83.2 Å². The van der Waals surface area contributed by atoms with Gasteiger partial charge in [0, 0.05) is 39.1 Å². The monoisotopic (exact) mass is 405 g/mol. The zero-order valence-corrected chi connectivity index (χ0v) is 15.9. The Bertz CT molecular complexity index is 1200. The first kappa shape index (κ1) is 18.6. The number of fused-ring (bicyclic) bond motifs is 1. The summed E-state index contributed by atoms with van der Waals surface area (Å²) in [6, 6.07) is 20.6. The second-order valence-corrected chi connectivity index (χ2v) is 6.72. The Morgan fingerprint density at radius 1 is 0.862 bits per heavy atom. The van der Waals surface area contributed by atoms with Crippen molar-refractivity contribution in [2.45, 2.75) is 0 Å². The van der Waals surface area contributed by atoms with Crippen LogP contribution in [0.5, 0.6) is 5.75 Å². The molecular weight excluding hydrogens is 390 g/mol. The number of rotatable bonds is 4. The molecule has 6 nitrogen and oxygen atoms in total. The van der Waals surface area contributed by atoms with Crippen LogP contribution >= 0.6 is 11.6 Å². The maximum atomic E-state index is 12.6. The molecule has 0 spiro atoms. The van der Waals surface area contributed by atoms with E-state index >= 15 is 0 Å². The number of hydrogen-bond acceptors (Lipinski definition) is 3. The number of ether oxygens (including phenoxy) is 1. The molecule has 0 aliphatic heterocycles. The number of halogens is 1. The smallest absolute Gasteiger partial charge is 0.410 e. The summed E-state index contributed by atoms with van der Waals surface area (Å²) in [5, 5.41) is 6.92. The van der Waals surface area contributed by atoms with Gasteiger partial charge in [-0.25, -0.2) is 4.79 Å². The molecule has 0 bridgehead atoms. The van der Waals surface area contributed by atoms with E-state index in [0.29, 0.717) is 27.7 Å². The van der Waals surface area contributed by atoms with E-state index in [9.17, 15) is 9.59 Å². The maximum absolute atomic E-state index is 12.6. The van der Waals surface area contributed by atoms with Crippen LogP contribution in [0.25, 0.3) is 10.9 Å². The summed E-state index contributed by atoms with van der Waals surface area (Å²) < 4.78 is 5.19. The van der Waals surface area contributed by atoms with Gasteiger partial charge in [0.2, 0.25) is 0 Å². The van der Waals surface area contributed by atoms with Gasteiger partial charge in [0.15, 0.2) is 0 Å². The van der Waals surface area contributed by atoms with E-state index in [2.05, 4.69) is 15.6 Å². The van der Waals surface area contributed by atoms with Crippen LogP contribution in [0.3, 0.4) is 0 Å². The van der Waals surface area contributed by atoms with E-state index in [1.807, 2.05) is 30.5 Å². The van der Waals surface area contributed by atoms with Gasteiger partial charge in [-0.2, -0.15) is 0 Å². The van der Waals surface area contributed by atoms with Crippen LogP contribution in [0, 0.1) is 0 Å². The zero-order valence-electron chi connectivity index (χ0n) is 15.1. The first-order valence-corrected chi connectivity index (χ1v) is 9.17. The fourth-order valence-electron chi connectivity index (χ4n) is 2.85. The molecule has 0 saturated heterocycles. The third-order valence-corrected chi connectivity index (χ3v) is 4.42. The van der Waals surface area contributed by atoms with E-state index in [1.54, 1.807) is 42.5 Å². The standard InChI is InChI=1S/C22H16ClN3O3/c23-16-4-2-6-19(13-16)29-22(28)26-17-5-1-3-15(12-17)21(27)25-18-7-8-20-14(11-18)9-10-24-20/h1-13,24H,(H,25,27)(H,26,28). The van der Waals surface area contributed by atoms with Gasteiger partial charge in [0.05, 0.1) is 0 Å². The number of aromatic nitrogens is 1. The van der Waals surface area contributed by atoms with Crippen molar-refractivity contribution in [3.8, 4) is 5.75 Å². The third-order valence-electron chi connectivity index (χ3n) is 4.19. The number of benzene rings is 3. The molecule has 0 unspecified atom stereocenters. The van der Waals surface area contributed by atoms with Gasteiger partial charge in [-0.15, -0.1) is 0 Å². The van der Waals surface area contributed by atoms with Crippen molar-refractivity contribution >= 4 is 45.9 Å². The SMILES string of the molecule is O=C(Nc1cccc(C(=O)Nc2ccc3[nH]ccc3c2)c1)Oc1cccc(Cl)c1. The number of amides is 2. The van der Waals surface area contributed by atoms with Crippen LogP contribution in [-0.4, -0.2) is 17.0 Å². The zero-order chi connectivity index (χ0) is 20.2. The number of anilines is 2. The third kappa shape index (κ3) is 4.56. The first-order valence-electron chi connectivity index (χ1n) is 8.80. The van der Waals surface area contributed by atoms with Crippen molar-refractivity contribution in [2.24, 2.45) is 0 Å². The lowest BCUT2D eigenvalue weighted by Gasteiger charge is -2.09. The van der Waals surface area contributed by atoms with E-state index in [4.69, 9.17) is 16.3 Å². The highest BCUT2D eigenvalue weighted by atomic mass is 35.5. The molecule has 3 N–H and O–H groups in total. The van der Waals surface area contributed by atoms with Gasteiger partial charge >= 0.3 is 6.09 Å². The fraction of sp³-hybridized carbons (Fsp3) is 0. The highest BCUT2D eigenvalue weighted by molar-refractivity contribution is 6.30. The molecule has 0 atom stereocenters. The second kappa shape index (κ2) is 8.08. The molecule has 1 heterocycles. The van der Waals surface area contributed by atoms with Crippen molar-refractivity contribution in [3.63, 3.8) is 0 Å². The normalized spacial score (nSPS) is 10.5. The number of hydrogen-bond donors (Lipinski definition) is 3. The molecule has 4 aromatic rings. The van der Waals surface area contributed by atoms with Crippen molar-refractivity contribution in [3.05, 3.63) is 89.6 Å². The second-order valence-electron chi connectivity index (χ2n) is 6.29. The van der Waals surface area contributed by atoms with Gasteiger partial charge in [0.1, 0.15) is 5.75 Å². The maximum Gasteiger partial charge on any atom is 0.417 e. The number of H-pyrrole nitrogens is 1. The summed E-state index contributed by atoms with van der Waals surface area (Å²) in [7, 11) is 0. The number of carbonyl (C=O) groups excluding carboxylic acids is 2. The average Bonchev–Trinajstić information content (AvgIpc) is 3.16. The lowest BCUT2D eigenvalue weighted by molar-refractivity contribution is 0.102. The Kier molecular flexibility index (Phi) is 5.18. The Labute approximate surface area is 171 Å². The highest BCUT2D eigenvalue weighted by Crippen LogP contribution is 2.20. The van der Waals surface area contributed by atoms with Crippen molar-refractivity contribution in [1.29, 1.82) is 0 Å². The van der Waals surface area contributed by atoms with Gasteiger partial charge in [-0.3, -0.25) is 10.1 Å². The van der Waals surface area contributed by atoms with Gasteiger partial charge < -0.3 is 15.0 Å². The van der Waals surface area contributed by atoms with Gasteiger partial charge in [-0.1, -0.05) is 23.7 Å². The summed E-state index contributed by atoms with van der Waals surface area (Å²) >= 11 is 5.88. The molecule has 0 aliphatic carbocycles. The number of carbonyl (C=O) groups is 2. The first-order chi connectivity index (χ1) is 14.1. The van der Waals surface area contributed by atoms with Crippen LogP contribution in [-0.2, 0) is 0 Å². The summed E-state index contributed by atoms with van der Waals surface area (Å²) in [5.41, 5.74) is 2.51. The predicted octanol–water partition coefficient (Wildman–Crippen LogP) is 5.68. The Balaban J connectivity index is 1.43. The lowest BCUT2D eigenvalue weighted by Crippen LogP contribution is -2.17. The van der Waals surface area contributed by atoms with Crippen LogP contribution in [0.2, 0.25) is 5.02 Å². The summed E-state index contributed by atoms with van der Waals surface area (Å²) in [4.78, 5) is 27.8. The van der Waals surface area contributed by atoms with Crippen molar-refractivity contribution < 1.29 is 14.3 Å². The van der Waals surface area contributed by atoms with Gasteiger partial charge in [-0.05, 0) is 60.7 Å². The summed E-state index contributed by atoms with van der Waals surface area (Å²) in [5.74, 6) is 0.0378. The molecule has 4 rings (SSSR count). The van der Waals surface area contributed by atoms with Crippen LogP contribution in [0.1, 0.15) is 10.4 Å². The molecule has 0 saturated carbocycles.